The molecule has 5 nitrogen and oxygen atoms in total. The van der Waals surface area contributed by atoms with Crippen molar-refractivity contribution >= 4 is 29.9 Å². The van der Waals surface area contributed by atoms with Crippen LogP contribution in [-0.2, 0) is 4.74 Å². The van der Waals surface area contributed by atoms with E-state index in [4.69, 9.17) is 9.73 Å². The number of hydrogen-bond donors (Lipinski definition) is 2. The van der Waals surface area contributed by atoms with Crippen molar-refractivity contribution in [3.8, 4) is 0 Å². The smallest absolute Gasteiger partial charge is 0.194 e. The molecule has 136 valence electrons. The summed E-state index contributed by atoms with van der Waals surface area (Å²) in [6.07, 6.45) is 6.45. The summed E-state index contributed by atoms with van der Waals surface area (Å²) in [5.41, 5.74) is -0.580. The summed E-state index contributed by atoms with van der Waals surface area (Å²) < 4.78 is 5.55. The zero-order chi connectivity index (χ0) is 15.8. The molecule has 0 amide bonds. The Morgan fingerprint density at radius 2 is 2.04 bits per heavy atom. The number of aliphatic hydroxyl groups is 1. The van der Waals surface area contributed by atoms with Gasteiger partial charge in [0, 0.05) is 32.2 Å². The first-order valence-corrected chi connectivity index (χ1v) is 9.00. The molecule has 2 rings (SSSR count). The Balaban J connectivity index is 0.00000264. The van der Waals surface area contributed by atoms with Gasteiger partial charge in [0.15, 0.2) is 5.96 Å². The number of nitrogens with zero attached hydrogens (tertiary/aromatic N) is 2. The van der Waals surface area contributed by atoms with Gasteiger partial charge in [0.05, 0.1) is 18.8 Å². The molecule has 0 spiro atoms. The van der Waals surface area contributed by atoms with E-state index in [1.807, 2.05) is 6.92 Å². The standard InChI is InChI=1S/C17H33N3O2.HI/c1-3-18-16(19-14-17(21)9-6-5-7-10-17)20-11-8-15(12-20)13-22-4-2;/h15,21H,3-14H2,1-2H3,(H,18,19);1H. The summed E-state index contributed by atoms with van der Waals surface area (Å²) in [6, 6.07) is 0. The molecule has 1 atom stereocenters. The first kappa shape index (κ1) is 21.0. The summed E-state index contributed by atoms with van der Waals surface area (Å²) in [5.74, 6) is 1.56. The quantitative estimate of drug-likeness (QED) is 0.380. The highest BCUT2D eigenvalue weighted by atomic mass is 127. The van der Waals surface area contributed by atoms with Crippen molar-refractivity contribution in [2.24, 2.45) is 10.9 Å². The van der Waals surface area contributed by atoms with Crippen molar-refractivity contribution in [3.63, 3.8) is 0 Å². The number of aliphatic imine (C=N–C) groups is 1. The molecule has 0 bridgehead atoms. The van der Waals surface area contributed by atoms with Gasteiger partial charge in [-0.15, -0.1) is 24.0 Å². The predicted octanol–water partition coefficient (Wildman–Crippen LogP) is 2.62. The summed E-state index contributed by atoms with van der Waals surface area (Å²) in [4.78, 5) is 7.07. The molecule has 6 heteroatoms. The van der Waals surface area contributed by atoms with Crippen molar-refractivity contribution in [1.82, 2.24) is 10.2 Å². The summed E-state index contributed by atoms with van der Waals surface area (Å²) in [7, 11) is 0. The topological polar surface area (TPSA) is 57.1 Å². The first-order valence-electron chi connectivity index (χ1n) is 9.00. The second-order valence-corrected chi connectivity index (χ2v) is 6.72. The maximum absolute atomic E-state index is 10.6. The second-order valence-electron chi connectivity index (χ2n) is 6.72. The van der Waals surface area contributed by atoms with E-state index in [0.717, 1.165) is 70.9 Å². The number of nitrogens with one attached hydrogen (secondary N) is 1. The van der Waals surface area contributed by atoms with Crippen LogP contribution in [-0.4, -0.2) is 61.0 Å². The highest BCUT2D eigenvalue weighted by molar-refractivity contribution is 14.0. The molecule has 0 aromatic heterocycles. The molecule has 1 aliphatic heterocycles. The van der Waals surface area contributed by atoms with E-state index in [1.54, 1.807) is 0 Å². The van der Waals surface area contributed by atoms with Crippen LogP contribution < -0.4 is 5.32 Å². The highest BCUT2D eigenvalue weighted by Crippen LogP contribution is 2.28. The monoisotopic (exact) mass is 439 g/mol. The Morgan fingerprint density at radius 1 is 1.30 bits per heavy atom. The average Bonchev–Trinajstić information content (AvgIpc) is 2.99. The van der Waals surface area contributed by atoms with Gasteiger partial charge in [-0.1, -0.05) is 19.3 Å². The lowest BCUT2D eigenvalue weighted by Gasteiger charge is -2.31. The lowest BCUT2D eigenvalue weighted by molar-refractivity contribution is 0.0130. The molecule has 2 N–H and O–H groups in total. The second kappa shape index (κ2) is 10.7. The van der Waals surface area contributed by atoms with Crippen LogP contribution in [0.4, 0.5) is 0 Å². The molecule has 0 aromatic rings. The van der Waals surface area contributed by atoms with E-state index in [1.165, 1.54) is 6.42 Å². The van der Waals surface area contributed by atoms with E-state index in [2.05, 4.69) is 17.1 Å². The average molecular weight is 439 g/mol. The van der Waals surface area contributed by atoms with Crippen LogP contribution >= 0.6 is 24.0 Å². The van der Waals surface area contributed by atoms with Gasteiger partial charge < -0.3 is 20.1 Å². The molecule has 0 aromatic carbocycles. The van der Waals surface area contributed by atoms with Gasteiger partial charge in [0.25, 0.3) is 0 Å². The Morgan fingerprint density at radius 3 is 2.70 bits per heavy atom. The number of ether oxygens (including phenoxy) is 1. The fourth-order valence-electron chi connectivity index (χ4n) is 3.46. The minimum atomic E-state index is -0.580. The van der Waals surface area contributed by atoms with Gasteiger partial charge >= 0.3 is 0 Å². The minimum Gasteiger partial charge on any atom is -0.388 e. The molecule has 23 heavy (non-hydrogen) atoms. The van der Waals surface area contributed by atoms with Crippen LogP contribution in [0.3, 0.4) is 0 Å². The molecule has 0 radical (unpaired) electrons. The molecular formula is C17H34IN3O2. The maximum Gasteiger partial charge on any atom is 0.194 e. The molecule has 1 saturated heterocycles. The van der Waals surface area contributed by atoms with Gasteiger partial charge in [0.2, 0.25) is 0 Å². The molecule has 2 fully saturated rings. The van der Waals surface area contributed by atoms with Crippen LogP contribution in [0.25, 0.3) is 0 Å². The normalized spacial score (nSPS) is 24.4. The van der Waals surface area contributed by atoms with Crippen molar-refractivity contribution in [2.45, 2.75) is 58.0 Å². The molecule has 1 aliphatic carbocycles. The fraction of sp³-hybridized carbons (Fsp3) is 0.941. The zero-order valence-corrected chi connectivity index (χ0v) is 17.1. The molecular weight excluding hydrogens is 405 g/mol. The van der Waals surface area contributed by atoms with Gasteiger partial charge in [-0.2, -0.15) is 0 Å². The van der Waals surface area contributed by atoms with Crippen molar-refractivity contribution in [1.29, 1.82) is 0 Å². The third-order valence-electron chi connectivity index (χ3n) is 4.79. The molecule has 1 unspecified atom stereocenters. The number of likely N-dealkylation sites (tertiary alicyclic amines) is 1. The van der Waals surface area contributed by atoms with Gasteiger partial charge in [-0.25, -0.2) is 0 Å². The van der Waals surface area contributed by atoms with E-state index >= 15 is 0 Å². The van der Waals surface area contributed by atoms with E-state index < -0.39 is 5.60 Å². The Bertz CT molecular complexity index is 360. The lowest BCUT2D eigenvalue weighted by atomic mass is 9.85. The summed E-state index contributed by atoms with van der Waals surface area (Å²) in [6.45, 7) is 9.20. The minimum absolute atomic E-state index is 0. The van der Waals surface area contributed by atoms with Crippen LogP contribution in [0, 0.1) is 5.92 Å². The van der Waals surface area contributed by atoms with Crippen LogP contribution in [0.1, 0.15) is 52.4 Å². The van der Waals surface area contributed by atoms with Gasteiger partial charge in [0.1, 0.15) is 0 Å². The summed E-state index contributed by atoms with van der Waals surface area (Å²) in [5, 5.41) is 14.0. The Hall–Kier alpha value is -0.0800. The zero-order valence-electron chi connectivity index (χ0n) is 14.7. The third-order valence-corrected chi connectivity index (χ3v) is 4.79. The number of rotatable bonds is 6. The van der Waals surface area contributed by atoms with Crippen molar-refractivity contribution in [3.05, 3.63) is 0 Å². The van der Waals surface area contributed by atoms with E-state index in [9.17, 15) is 5.11 Å². The number of guanidine groups is 1. The SMILES string of the molecule is CCNC(=NCC1(O)CCCCC1)N1CCC(COCC)C1.I. The van der Waals surface area contributed by atoms with Crippen LogP contribution in [0.5, 0.6) is 0 Å². The third kappa shape index (κ3) is 6.74. The van der Waals surface area contributed by atoms with Gasteiger partial charge in [-0.05, 0) is 33.1 Å². The largest absolute Gasteiger partial charge is 0.388 e. The van der Waals surface area contributed by atoms with Gasteiger partial charge in [-0.3, -0.25) is 4.99 Å². The predicted molar refractivity (Wildman–Crippen MR) is 106 cm³/mol. The first-order chi connectivity index (χ1) is 10.7. The molecule has 1 saturated carbocycles. The van der Waals surface area contributed by atoms with Crippen molar-refractivity contribution < 1.29 is 9.84 Å². The lowest BCUT2D eigenvalue weighted by Crippen LogP contribution is -2.42. The van der Waals surface area contributed by atoms with Crippen LogP contribution in [0.2, 0.25) is 0 Å². The maximum atomic E-state index is 10.6. The number of hydrogen-bond acceptors (Lipinski definition) is 3. The number of halogens is 1. The highest BCUT2D eigenvalue weighted by Gasteiger charge is 2.30. The summed E-state index contributed by atoms with van der Waals surface area (Å²) >= 11 is 0. The van der Waals surface area contributed by atoms with E-state index in [0.29, 0.717) is 12.5 Å². The van der Waals surface area contributed by atoms with Crippen LogP contribution in [0.15, 0.2) is 4.99 Å². The molecule has 2 aliphatic rings. The van der Waals surface area contributed by atoms with E-state index in [-0.39, 0.29) is 24.0 Å². The Kier molecular flexibility index (Phi) is 9.77. The van der Waals surface area contributed by atoms with Crippen molar-refractivity contribution in [2.75, 3.05) is 39.4 Å². The Labute approximate surface area is 158 Å². The molecule has 1 heterocycles. The fourth-order valence-corrected chi connectivity index (χ4v) is 3.46.